The fraction of sp³-hybridized carbons (Fsp3) is 0.300. The van der Waals surface area contributed by atoms with Crippen LogP contribution in [0.25, 0.3) is 0 Å². The predicted octanol–water partition coefficient (Wildman–Crippen LogP) is 2.29. The molecule has 0 saturated carbocycles. The van der Waals surface area contributed by atoms with Gasteiger partial charge in [0.1, 0.15) is 12.2 Å². The van der Waals surface area contributed by atoms with Crippen molar-refractivity contribution in [1.29, 1.82) is 0 Å². The highest BCUT2D eigenvalue weighted by Gasteiger charge is 2.22. The summed E-state index contributed by atoms with van der Waals surface area (Å²) in [5, 5.41) is 2.80. The zero-order chi connectivity index (χ0) is 17.6. The number of nitrogens with one attached hydrogen (secondary N) is 1. The first-order valence-corrected chi connectivity index (χ1v) is 8.40. The smallest absolute Gasteiger partial charge is 0.232 e. The maximum absolute atomic E-state index is 12.4. The van der Waals surface area contributed by atoms with Gasteiger partial charge < -0.3 is 15.0 Å². The molecule has 0 unspecified atom stereocenters. The largest absolute Gasteiger partial charge is 0.497 e. The lowest BCUT2D eigenvalue weighted by atomic mass is 10.00. The summed E-state index contributed by atoms with van der Waals surface area (Å²) in [6.07, 6.45) is 0.730. The van der Waals surface area contributed by atoms with Crippen molar-refractivity contribution in [3.05, 3.63) is 65.2 Å². The van der Waals surface area contributed by atoms with Gasteiger partial charge in [-0.3, -0.25) is 9.59 Å². The molecular weight excluding hydrogens is 316 g/mol. The number of methoxy groups -OCH3 is 1. The van der Waals surface area contributed by atoms with Gasteiger partial charge in [0.25, 0.3) is 0 Å². The lowest BCUT2D eigenvalue weighted by Crippen LogP contribution is -2.38. The Kier molecular flexibility index (Phi) is 5.33. The van der Waals surface area contributed by atoms with Gasteiger partial charge in [-0.05, 0) is 35.2 Å². The number of hydrogen-bond acceptors (Lipinski definition) is 3. The van der Waals surface area contributed by atoms with Crippen molar-refractivity contribution in [2.45, 2.75) is 25.9 Å². The Morgan fingerprint density at radius 3 is 2.52 bits per heavy atom. The molecule has 0 radical (unpaired) electrons. The molecule has 5 heteroatoms. The molecule has 2 aromatic carbocycles. The van der Waals surface area contributed by atoms with Gasteiger partial charge in [-0.2, -0.15) is 0 Å². The van der Waals surface area contributed by atoms with Gasteiger partial charge in [-0.1, -0.05) is 36.4 Å². The van der Waals surface area contributed by atoms with Crippen molar-refractivity contribution in [2.75, 3.05) is 13.7 Å². The fourth-order valence-corrected chi connectivity index (χ4v) is 2.96. The molecule has 0 bridgehead atoms. The molecule has 0 aromatic heterocycles. The van der Waals surface area contributed by atoms with Crippen LogP contribution in [0.5, 0.6) is 5.75 Å². The molecule has 130 valence electrons. The van der Waals surface area contributed by atoms with E-state index in [1.165, 1.54) is 11.1 Å². The highest BCUT2D eigenvalue weighted by molar-refractivity contribution is 5.96. The molecule has 1 aliphatic heterocycles. The van der Waals surface area contributed by atoms with Gasteiger partial charge in [0.2, 0.25) is 11.8 Å². The van der Waals surface area contributed by atoms with Crippen LogP contribution in [0.4, 0.5) is 0 Å². The van der Waals surface area contributed by atoms with E-state index >= 15 is 0 Å². The summed E-state index contributed by atoms with van der Waals surface area (Å²) < 4.78 is 5.10. The Labute approximate surface area is 147 Å². The van der Waals surface area contributed by atoms with Crippen LogP contribution in [-0.4, -0.2) is 30.4 Å². The number of hydrogen-bond donors (Lipinski definition) is 1. The zero-order valence-electron chi connectivity index (χ0n) is 14.3. The first-order chi connectivity index (χ1) is 12.2. The fourth-order valence-electron chi connectivity index (χ4n) is 2.96. The normalized spacial score (nSPS) is 13.1. The van der Waals surface area contributed by atoms with Crippen LogP contribution in [0.15, 0.2) is 48.5 Å². The third-order valence-electron chi connectivity index (χ3n) is 4.44. The van der Waals surface area contributed by atoms with E-state index in [0.29, 0.717) is 19.6 Å². The maximum Gasteiger partial charge on any atom is 0.232 e. The van der Waals surface area contributed by atoms with Gasteiger partial charge in [0.05, 0.1) is 7.11 Å². The van der Waals surface area contributed by atoms with Gasteiger partial charge >= 0.3 is 0 Å². The zero-order valence-corrected chi connectivity index (χ0v) is 14.3. The number of carbonyl (C=O) groups is 2. The first-order valence-electron chi connectivity index (χ1n) is 8.40. The number of benzene rings is 2. The minimum Gasteiger partial charge on any atom is -0.497 e. The molecular formula is C20H22N2O3. The van der Waals surface area contributed by atoms with Crippen molar-refractivity contribution < 1.29 is 14.3 Å². The highest BCUT2D eigenvalue weighted by Crippen LogP contribution is 2.19. The first kappa shape index (κ1) is 17.0. The Morgan fingerprint density at radius 1 is 1.08 bits per heavy atom. The third kappa shape index (κ3) is 4.38. The van der Waals surface area contributed by atoms with E-state index in [1.54, 1.807) is 12.0 Å². The number of amides is 2. The van der Waals surface area contributed by atoms with Crippen molar-refractivity contribution in [1.82, 2.24) is 10.2 Å². The number of fused-ring (bicyclic) bond motifs is 1. The van der Waals surface area contributed by atoms with Gasteiger partial charge in [0.15, 0.2) is 0 Å². The van der Waals surface area contributed by atoms with E-state index in [0.717, 1.165) is 17.7 Å². The van der Waals surface area contributed by atoms with Gasteiger partial charge in [-0.15, -0.1) is 0 Å². The summed E-state index contributed by atoms with van der Waals surface area (Å²) in [5.74, 6) is 0.400. The summed E-state index contributed by atoms with van der Waals surface area (Å²) in [6, 6.07) is 15.6. The van der Waals surface area contributed by atoms with E-state index in [1.807, 2.05) is 42.5 Å². The second-order valence-corrected chi connectivity index (χ2v) is 6.14. The predicted molar refractivity (Wildman–Crippen MR) is 95.0 cm³/mol. The molecule has 0 atom stereocenters. The molecule has 25 heavy (non-hydrogen) atoms. The molecule has 1 aliphatic rings. The van der Waals surface area contributed by atoms with Crippen LogP contribution in [0.1, 0.15) is 23.1 Å². The molecule has 1 N–H and O–H groups in total. The van der Waals surface area contributed by atoms with Crippen molar-refractivity contribution >= 4 is 11.8 Å². The summed E-state index contributed by atoms with van der Waals surface area (Å²) >= 11 is 0. The number of ether oxygens (including phenoxy) is 1. The van der Waals surface area contributed by atoms with Crippen molar-refractivity contribution in [3.63, 3.8) is 0 Å². The summed E-state index contributed by atoms with van der Waals surface area (Å²) in [4.78, 5) is 26.2. The Hall–Kier alpha value is -2.82. The third-order valence-corrected chi connectivity index (χ3v) is 4.44. The Morgan fingerprint density at radius 2 is 1.80 bits per heavy atom. The van der Waals surface area contributed by atoms with E-state index < -0.39 is 0 Å². The summed E-state index contributed by atoms with van der Waals surface area (Å²) in [5.41, 5.74) is 3.42. The maximum atomic E-state index is 12.4. The SMILES string of the molecule is COc1ccc(CNC(=O)CC(=O)N2CCc3ccccc3C2)cc1. The molecule has 0 aliphatic carbocycles. The summed E-state index contributed by atoms with van der Waals surface area (Å²) in [7, 11) is 1.61. The van der Waals surface area contributed by atoms with Crippen LogP contribution in [-0.2, 0) is 29.1 Å². The molecule has 1 heterocycles. The van der Waals surface area contributed by atoms with E-state index in [2.05, 4.69) is 11.4 Å². The number of rotatable bonds is 5. The number of nitrogens with zero attached hydrogens (tertiary/aromatic N) is 1. The minimum absolute atomic E-state index is 0.113. The summed E-state index contributed by atoms with van der Waals surface area (Å²) in [6.45, 7) is 1.65. The Balaban J connectivity index is 1.48. The second kappa shape index (κ2) is 7.83. The molecule has 0 spiro atoms. The lowest BCUT2D eigenvalue weighted by Gasteiger charge is -2.28. The number of carbonyl (C=O) groups excluding carboxylic acids is 2. The van der Waals surface area contributed by atoms with Crippen molar-refractivity contribution in [3.8, 4) is 5.75 Å². The Bertz CT molecular complexity index is 756. The molecule has 2 amide bonds. The molecule has 5 nitrogen and oxygen atoms in total. The minimum atomic E-state index is -0.250. The molecule has 3 rings (SSSR count). The van der Waals surface area contributed by atoms with Crippen molar-refractivity contribution in [2.24, 2.45) is 0 Å². The molecule has 0 fully saturated rings. The standard InChI is InChI=1S/C20H22N2O3/c1-25-18-8-6-15(7-9-18)13-21-19(23)12-20(24)22-11-10-16-4-2-3-5-17(16)14-22/h2-9H,10-14H2,1H3,(H,21,23). The average Bonchev–Trinajstić information content (AvgIpc) is 2.66. The van der Waals surface area contributed by atoms with Crippen LogP contribution in [0, 0.1) is 0 Å². The molecule has 2 aromatic rings. The lowest BCUT2D eigenvalue weighted by molar-refractivity contribution is -0.136. The van der Waals surface area contributed by atoms with Crippen LogP contribution < -0.4 is 10.1 Å². The topological polar surface area (TPSA) is 58.6 Å². The highest BCUT2D eigenvalue weighted by atomic mass is 16.5. The van der Waals surface area contributed by atoms with Gasteiger partial charge in [-0.25, -0.2) is 0 Å². The van der Waals surface area contributed by atoms with E-state index in [9.17, 15) is 9.59 Å². The van der Waals surface area contributed by atoms with Crippen LogP contribution >= 0.6 is 0 Å². The van der Waals surface area contributed by atoms with E-state index in [-0.39, 0.29) is 18.2 Å². The quantitative estimate of drug-likeness (QED) is 0.851. The van der Waals surface area contributed by atoms with Crippen LogP contribution in [0.2, 0.25) is 0 Å². The van der Waals surface area contributed by atoms with Gasteiger partial charge in [0, 0.05) is 19.6 Å². The monoisotopic (exact) mass is 338 g/mol. The average molecular weight is 338 g/mol. The second-order valence-electron chi connectivity index (χ2n) is 6.14. The van der Waals surface area contributed by atoms with E-state index in [4.69, 9.17) is 4.74 Å². The van der Waals surface area contributed by atoms with Crippen LogP contribution in [0.3, 0.4) is 0 Å². The molecule has 0 saturated heterocycles.